The fraction of sp³-hybridized carbons (Fsp3) is 0.150. The van der Waals surface area contributed by atoms with Crippen LogP contribution < -0.4 is 15.5 Å². The van der Waals surface area contributed by atoms with Gasteiger partial charge < -0.3 is 14.6 Å². The van der Waals surface area contributed by atoms with Crippen molar-refractivity contribution in [2.75, 3.05) is 5.32 Å². The highest BCUT2D eigenvalue weighted by atomic mass is 35.5. The van der Waals surface area contributed by atoms with E-state index in [-0.39, 0.29) is 23.5 Å². The van der Waals surface area contributed by atoms with Gasteiger partial charge in [-0.1, -0.05) is 29.8 Å². The SMILES string of the molecule is Cc1cccc(NC(=O)c2cc(=O)c(OCc3cccc(Cl)c3)cn2C)n1. The Labute approximate surface area is 161 Å². The van der Waals surface area contributed by atoms with E-state index >= 15 is 0 Å². The molecule has 1 aromatic carbocycles. The second-order valence-corrected chi connectivity index (χ2v) is 6.47. The summed E-state index contributed by atoms with van der Waals surface area (Å²) >= 11 is 5.94. The molecule has 0 radical (unpaired) electrons. The van der Waals surface area contributed by atoms with Crippen molar-refractivity contribution in [1.82, 2.24) is 9.55 Å². The minimum atomic E-state index is -0.422. The van der Waals surface area contributed by atoms with Crippen molar-refractivity contribution in [1.29, 1.82) is 0 Å². The van der Waals surface area contributed by atoms with Crippen molar-refractivity contribution >= 4 is 23.3 Å². The molecule has 6 nitrogen and oxygen atoms in total. The topological polar surface area (TPSA) is 73.2 Å². The maximum absolute atomic E-state index is 12.5. The molecule has 0 bridgehead atoms. The molecule has 0 saturated heterocycles. The number of rotatable bonds is 5. The third-order valence-corrected chi connectivity index (χ3v) is 4.08. The number of pyridine rings is 2. The van der Waals surface area contributed by atoms with Gasteiger partial charge in [-0.2, -0.15) is 0 Å². The summed E-state index contributed by atoms with van der Waals surface area (Å²) in [5.41, 5.74) is 1.46. The minimum Gasteiger partial charge on any atom is -0.483 e. The zero-order valence-electron chi connectivity index (χ0n) is 14.9. The molecule has 0 spiro atoms. The van der Waals surface area contributed by atoms with Gasteiger partial charge in [0, 0.05) is 23.8 Å². The second-order valence-electron chi connectivity index (χ2n) is 6.04. The van der Waals surface area contributed by atoms with Crippen molar-refractivity contribution in [3.63, 3.8) is 0 Å². The summed E-state index contributed by atoms with van der Waals surface area (Å²) in [5, 5.41) is 3.28. The first-order valence-electron chi connectivity index (χ1n) is 8.25. The molecule has 0 fully saturated rings. The average Bonchev–Trinajstić information content (AvgIpc) is 2.62. The quantitative estimate of drug-likeness (QED) is 0.731. The number of carbonyl (C=O) groups excluding carboxylic acids is 1. The summed E-state index contributed by atoms with van der Waals surface area (Å²) in [6, 6.07) is 13.8. The Morgan fingerprint density at radius 3 is 2.74 bits per heavy atom. The molecule has 1 amide bonds. The number of nitrogens with one attached hydrogen (secondary N) is 1. The molecular formula is C20H18ClN3O3. The van der Waals surface area contributed by atoms with E-state index in [4.69, 9.17) is 16.3 Å². The van der Waals surface area contributed by atoms with Crippen LogP contribution in [0.1, 0.15) is 21.7 Å². The first kappa shape index (κ1) is 18.7. The van der Waals surface area contributed by atoms with Crippen LogP contribution in [-0.2, 0) is 13.7 Å². The molecule has 0 unspecified atom stereocenters. The summed E-state index contributed by atoms with van der Waals surface area (Å²) in [7, 11) is 1.67. The van der Waals surface area contributed by atoms with Gasteiger partial charge in [-0.05, 0) is 36.8 Å². The van der Waals surface area contributed by atoms with Gasteiger partial charge in [-0.15, -0.1) is 0 Å². The summed E-state index contributed by atoms with van der Waals surface area (Å²) in [5.74, 6) is 0.158. The number of ether oxygens (including phenoxy) is 1. The fourth-order valence-corrected chi connectivity index (χ4v) is 2.73. The highest BCUT2D eigenvalue weighted by molar-refractivity contribution is 6.30. The van der Waals surface area contributed by atoms with Crippen LogP contribution in [0.25, 0.3) is 0 Å². The number of benzene rings is 1. The van der Waals surface area contributed by atoms with Crippen LogP contribution in [-0.4, -0.2) is 15.5 Å². The predicted molar refractivity (Wildman–Crippen MR) is 104 cm³/mol. The van der Waals surface area contributed by atoms with Crippen molar-refractivity contribution in [2.24, 2.45) is 7.05 Å². The van der Waals surface area contributed by atoms with E-state index < -0.39 is 5.91 Å². The predicted octanol–water partition coefficient (Wildman–Crippen LogP) is 3.57. The third-order valence-electron chi connectivity index (χ3n) is 3.85. The van der Waals surface area contributed by atoms with Crippen LogP contribution in [0.2, 0.25) is 5.02 Å². The number of anilines is 1. The Kier molecular flexibility index (Phi) is 5.57. The Hall–Kier alpha value is -3.12. The molecule has 27 heavy (non-hydrogen) atoms. The van der Waals surface area contributed by atoms with E-state index in [0.717, 1.165) is 11.3 Å². The normalized spacial score (nSPS) is 10.5. The highest BCUT2D eigenvalue weighted by Crippen LogP contribution is 2.14. The molecule has 0 atom stereocenters. The lowest BCUT2D eigenvalue weighted by Gasteiger charge is -2.12. The maximum Gasteiger partial charge on any atom is 0.273 e. The second kappa shape index (κ2) is 8.05. The van der Waals surface area contributed by atoms with Gasteiger partial charge in [0.05, 0.1) is 6.20 Å². The molecular weight excluding hydrogens is 366 g/mol. The number of aromatic nitrogens is 2. The Bertz CT molecular complexity index is 1050. The van der Waals surface area contributed by atoms with Gasteiger partial charge in [0.2, 0.25) is 5.43 Å². The van der Waals surface area contributed by atoms with Crippen LogP contribution in [0.5, 0.6) is 5.75 Å². The number of halogens is 1. The fourth-order valence-electron chi connectivity index (χ4n) is 2.52. The van der Waals surface area contributed by atoms with Crippen molar-refractivity contribution in [3.05, 3.63) is 86.9 Å². The summed E-state index contributed by atoms with van der Waals surface area (Å²) in [6.45, 7) is 2.03. The van der Waals surface area contributed by atoms with Gasteiger partial charge in [0.25, 0.3) is 5.91 Å². The molecule has 7 heteroatoms. The van der Waals surface area contributed by atoms with E-state index in [1.807, 2.05) is 25.1 Å². The number of hydrogen-bond donors (Lipinski definition) is 1. The summed E-state index contributed by atoms with van der Waals surface area (Å²) in [6.07, 6.45) is 1.49. The van der Waals surface area contributed by atoms with Crippen LogP contribution in [0.3, 0.4) is 0 Å². The monoisotopic (exact) mass is 383 g/mol. The molecule has 1 N–H and O–H groups in total. The summed E-state index contributed by atoms with van der Waals surface area (Å²) in [4.78, 5) is 29.0. The molecule has 0 aliphatic heterocycles. The maximum atomic E-state index is 12.5. The van der Waals surface area contributed by atoms with E-state index in [0.29, 0.717) is 10.8 Å². The number of hydrogen-bond acceptors (Lipinski definition) is 4. The van der Waals surface area contributed by atoms with E-state index in [1.54, 1.807) is 35.9 Å². The third kappa shape index (κ3) is 4.74. The van der Waals surface area contributed by atoms with Gasteiger partial charge in [0.15, 0.2) is 5.75 Å². The highest BCUT2D eigenvalue weighted by Gasteiger charge is 2.13. The molecule has 2 aromatic heterocycles. The lowest BCUT2D eigenvalue weighted by molar-refractivity contribution is 0.101. The average molecular weight is 384 g/mol. The van der Waals surface area contributed by atoms with Gasteiger partial charge in [-0.3, -0.25) is 9.59 Å². The van der Waals surface area contributed by atoms with Crippen molar-refractivity contribution in [2.45, 2.75) is 13.5 Å². The van der Waals surface area contributed by atoms with Gasteiger partial charge in [-0.25, -0.2) is 4.98 Å². The van der Waals surface area contributed by atoms with Crippen molar-refractivity contribution < 1.29 is 9.53 Å². The molecule has 0 aliphatic rings. The lowest BCUT2D eigenvalue weighted by Crippen LogP contribution is -2.22. The van der Waals surface area contributed by atoms with E-state index in [1.165, 1.54) is 12.3 Å². The molecule has 0 saturated carbocycles. The smallest absolute Gasteiger partial charge is 0.273 e. The summed E-state index contributed by atoms with van der Waals surface area (Å²) < 4.78 is 7.13. The minimum absolute atomic E-state index is 0.155. The van der Waals surface area contributed by atoms with Gasteiger partial charge >= 0.3 is 0 Å². The Balaban J connectivity index is 1.76. The zero-order valence-corrected chi connectivity index (χ0v) is 15.7. The van der Waals surface area contributed by atoms with E-state index in [2.05, 4.69) is 10.3 Å². The standard InChI is InChI=1S/C20H18ClN3O3/c1-13-5-3-8-19(22-13)23-20(26)16-10-17(25)18(11-24(16)2)27-12-14-6-4-7-15(21)9-14/h3-11H,12H2,1-2H3,(H,22,23,26). The van der Waals surface area contributed by atoms with E-state index in [9.17, 15) is 9.59 Å². The first-order valence-corrected chi connectivity index (χ1v) is 8.63. The molecule has 138 valence electrons. The van der Waals surface area contributed by atoms with Crippen LogP contribution >= 0.6 is 11.6 Å². The van der Waals surface area contributed by atoms with Crippen LogP contribution in [0, 0.1) is 6.92 Å². The van der Waals surface area contributed by atoms with Crippen LogP contribution in [0.4, 0.5) is 5.82 Å². The number of carbonyl (C=O) groups is 1. The molecule has 3 rings (SSSR count). The number of amides is 1. The zero-order chi connectivity index (χ0) is 19.4. The van der Waals surface area contributed by atoms with Gasteiger partial charge in [0.1, 0.15) is 18.1 Å². The first-order chi connectivity index (χ1) is 12.9. The molecule has 2 heterocycles. The Morgan fingerprint density at radius 1 is 1.22 bits per heavy atom. The van der Waals surface area contributed by atoms with Crippen LogP contribution in [0.15, 0.2) is 59.5 Å². The number of nitrogens with zero attached hydrogens (tertiary/aromatic N) is 2. The van der Waals surface area contributed by atoms with Crippen molar-refractivity contribution in [3.8, 4) is 5.75 Å². The number of aryl methyl sites for hydroxylation is 2. The molecule has 0 aliphatic carbocycles. The lowest BCUT2D eigenvalue weighted by atomic mass is 10.2. The largest absolute Gasteiger partial charge is 0.483 e. The molecule has 3 aromatic rings. The Morgan fingerprint density at radius 2 is 2.00 bits per heavy atom.